The van der Waals surface area contributed by atoms with Crippen LogP contribution in [0.5, 0.6) is 0 Å². The molecule has 0 fully saturated rings. The average molecular weight is 304 g/mol. The van der Waals surface area contributed by atoms with Gasteiger partial charge in [-0.3, -0.25) is 4.79 Å². The van der Waals surface area contributed by atoms with Crippen molar-refractivity contribution >= 4 is 11.9 Å². The van der Waals surface area contributed by atoms with E-state index >= 15 is 0 Å². The summed E-state index contributed by atoms with van der Waals surface area (Å²) in [5.41, 5.74) is 1.77. The van der Waals surface area contributed by atoms with Crippen molar-refractivity contribution in [1.82, 2.24) is 9.80 Å². The number of nitrogens with zero attached hydrogens (tertiary/aromatic N) is 2. The van der Waals surface area contributed by atoms with Gasteiger partial charge in [0.2, 0.25) is 0 Å². The highest BCUT2D eigenvalue weighted by atomic mass is 16.5. The summed E-state index contributed by atoms with van der Waals surface area (Å²) in [4.78, 5) is 27.2. The molecule has 0 aromatic carbocycles. The van der Waals surface area contributed by atoms with Crippen LogP contribution in [0, 0.1) is 0 Å². The number of likely N-dealkylation sites (N-methyl/N-ethyl adjacent to an activating group) is 1. The van der Waals surface area contributed by atoms with Crippen molar-refractivity contribution in [2.75, 3.05) is 33.8 Å². The Morgan fingerprint density at radius 3 is 2.68 bits per heavy atom. The molecule has 22 heavy (non-hydrogen) atoms. The molecule has 1 rings (SSSR count). The lowest BCUT2D eigenvalue weighted by molar-refractivity contribution is -0.140. The van der Waals surface area contributed by atoms with Gasteiger partial charge >= 0.3 is 5.97 Å². The number of allylic oxidation sites excluding steroid dienone is 3. The molecular formula is C17H24N2O3. The highest BCUT2D eigenvalue weighted by Crippen LogP contribution is 2.14. The number of esters is 1. The van der Waals surface area contributed by atoms with Crippen molar-refractivity contribution in [1.29, 1.82) is 0 Å². The summed E-state index contributed by atoms with van der Waals surface area (Å²) in [6.07, 6.45) is 9.52. The summed E-state index contributed by atoms with van der Waals surface area (Å²) in [6, 6.07) is 0. The molecular weight excluding hydrogens is 280 g/mol. The van der Waals surface area contributed by atoms with E-state index in [1.807, 2.05) is 50.2 Å². The maximum absolute atomic E-state index is 12.5. The minimum Gasteiger partial charge on any atom is -0.461 e. The van der Waals surface area contributed by atoms with Gasteiger partial charge in [0.25, 0.3) is 5.91 Å². The maximum Gasteiger partial charge on any atom is 0.330 e. The molecule has 0 bridgehead atoms. The van der Waals surface area contributed by atoms with Crippen molar-refractivity contribution in [2.45, 2.75) is 13.3 Å². The van der Waals surface area contributed by atoms with E-state index in [1.165, 1.54) is 0 Å². The third-order valence-electron chi connectivity index (χ3n) is 3.34. The van der Waals surface area contributed by atoms with E-state index in [-0.39, 0.29) is 12.5 Å². The molecule has 5 nitrogen and oxygen atoms in total. The number of hydrogen-bond donors (Lipinski definition) is 0. The van der Waals surface area contributed by atoms with Gasteiger partial charge in [0.05, 0.1) is 6.54 Å². The van der Waals surface area contributed by atoms with Crippen LogP contribution in [0.15, 0.2) is 48.2 Å². The molecule has 5 heteroatoms. The number of rotatable bonds is 7. The van der Waals surface area contributed by atoms with E-state index in [0.29, 0.717) is 18.7 Å². The van der Waals surface area contributed by atoms with E-state index in [0.717, 1.165) is 18.2 Å². The molecule has 0 N–H and O–H groups in total. The first-order valence-electron chi connectivity index (χ1n) is 7.32. The van der Waals surface area contributed by atoms with E-state index in [9.17, 15) is 9.59 Å². The number of amides is 1. The predicted molar refractivity (Wildman–Crippen MR) is 87.0 cm³/mol. The molecule has 1 aliphatic rings. The van der Waals surface area contributed by atoms with Gasteiger partial charge in [-0.15, -0.1) is 0 Å². The quantitative estimate of drug-likeness (QED) is 0.532. The third kappa shape index (κ3) is 5.24. The molecule has 0 unspecified atom stereocenters. The molecule has 0 radical (unpaired) electrons. The molecule has 0 atom stereocenters. The van der Waals surface area contributed by atoms with Crippen LogP contribution in [-0.2, 0) is 14.3 Å². The summed E-state index contributed by atoms with van der Waals surface area (Å²) in [6.45, 7) is 6.32. The predicted octanol–water partition coefficient (Wildman–Crippen LogP) is 1.90. The minimum absolute atomic E-state index is 0.0651. The van der Waals surface area contributed by atoms with Gasteiger partial charge in [0, 0.05) is 44.4 Å². The monoisotopic (exact) mass is 304 g/mol. The van der Waals surface area contributed by atoms with Crippen molar-refractivity contribution in [3.63, 3.8) is 0 Å². The third-order valence-corrected chi connectivity index (χ3v) is 3.34. The van der Waals surface area contributed by atoms with Crippen LogP contribution in [-0.4, -0.2) is 55.5 Å². The number of carbonyl (C=O) groups excluding carboxylic acids is 2. The van der Waals surface area contributed by atoms with Gasteiger partial charge in [-0.25, -0.2) is 4.79 Å². The van der Waals surface area contributed by atoms with Crippen molar-refractivity contribution in [3.05, 3.63) is 48.2 Å². The molecule has 1 amide bonds. The fraction of sp³-hybridized carbons (Fsp3) is 0.412. The normalized spacial score (nSPS) is 13.6. The van der Waals surface area contributed by atoms with E-state index in [4.69, 9.17) is 4.74 Å². The second-order valence-electron chi connectivity index (χ2n) is 5.04. The molecule has 0 aliphatic heterocycles. The Morgan fingerprint density at radius 2 is 2.09 bits per heavy atom. The highest BCUT2D eigenvalue weighted by molar-refractivity contribution is 5.96. The summed E-state index contributed by atoms with van der Waals surface area (Å²) in [5.74, 6) is -0.541. The second kappa shape index (κ2) is 8.87. The zero-order chi connectivity index (χ0) is 16.5. The standard InChI is InChI=1S/C17H24N2O3/c1-5-16(20)22-13-12-19(6-2)17(21)14-8-7-9-15(11-10-14)18(3)4/h5,7-8,10-11H,1,6,9,12-13H2,2-4H3. The molecule has 0 aromatic heterocycles. The first-order chi connectivity index (χ1) is 10.5. The molecule has 0 heterocycles. The molecule has 0 saturated heterocycles. The van der Waals surface area contributed by atoms with Gasteiger partial charge in [-0.2, -0.15) is 0 Å². The van der Waals surface area contributed by atoms with Crippen molar-refractivity contribution in [3.8, 4) is 0 Å². The summed E-state index contributed by atoms with van der Waals surface area (Å²) >= 11 is 0. The smallest absolute Gasteiger partial charge is 0.330 e. The van der Waals surface area contributed by atoms with Gasteiger partial charge in [0.1, 0.15) is 6.61 Å². The van der Waals surface area contributed by atoms with Crippen LogP contribution in [0.2, 0.25) is 0 Å². The number of carbonyl (C=O) groups is 2. The fourth-order valence-corrected chi connectivity index (χ4v) is 1.99. The van der Waals surface area contributed by atoms with Crippen molar-refractivity contribution < 1.29 is 14.3 Å². The lowest BCUT2D eigenvalue weighted by Gasteiger charge is -2.21. The first-order valence-corrected chi connectivity index (χ1v) is 7.32. The Balaban J connectivity index is 2.71. The molecule has 1 aliphatic carbocycles. The van der Waals surface area contributed by atoms with Crippen LogP contribution in [0.3, 0.4) is 0 Å². The first kappa shape index (κ1) is 17.8. The molecule has 0 aromatic rings. The zero-order valence-corrected chi connectivity index (χ0v) is 13.5. The van der Waals surface area contributed by atoms with Gasteiger partial charge < -0.3 is 14.5 Å². The molecule has 0 spiro atoms. The Bertz CT molecular complexity index is 516. The van der Waals surface area contributed by atoms with Gasteiger partial charge in [-0.1, -0.05) is 18.7 Å². The molecule has 0 saturated carbocycles. The van der Waals surface area contributed by atoms with Crippen LogP contribution in [0.25, 0.3) is 0 Å². The number of ether oxygens (including phenoxy) is 1. The van der Waals surface area contributed by atoms with Crippen LogP contribution < -0.4 is 0 Å². The van der Waals surface area contributed by atoms with Gasteiger partial charge in [-0.05, 0) is 19.1 Å². The average Bonchev–Trinajstić information content (AvgIpc) is 2.76. The Kier molecular flexibility index (Phi) is 7.16. The number of hydrogen-bond acceptors (Lipinski definition) is 4. The van der Waals surface area contributed by atoms with Crippen LogP contribution in [0.4, 0.5) is 0 Å². The van der Waals surface area contributed by atoms with E-state index < -0.39 is 5.97 Å². The largest absolute Gasteiger partial charge is 0.461 e. The highest BCUT2D eigenvalue weighted by Gasteiger charge is 2.16. The topological polar surface area (TPSA) is 49.9 Å². The SMILES string of the molecule is C=CC(=O)OCCN(CC)C(=O)C1=CC=C(N(C)C)CC=C1. The van der Waals surface area contributed by atoms with E-state index in [1.54, 1.807) is 4.90 Å². The second-order valence-corrected chi connectivity index (χ2v) is 5.04. The maximum atomic E-state index is 12.5. The Hall–Kier alpha value is -2.30. The van der Waals surface area contributed by atoms with E-state index in [2.05, 4.69) is 6.58 Å². The zero-order valence-electron chi connectivity index (χ0n) is 13.5. The Labute approximate surface area is 132 Å². The summed E-state index contributed by atoms with van der Waals surface area (Å²) in [5, 5.41) is 0. The summed E-state index contributed by atoms with van der Waals surface area (Å²) in [7, 11) is 3.96. The Morgan fingerprint density at radius 1 is 1.36 bits per heavy atom. The van der Waals surface area contributed by atoms with Crippen molar-refractivity contribution in [2.24, 2.45) is 0 Å². The lowest BCUT2D eigenvalue weighted by atomic mass is 10.2. The van der Waals surface area contributed by atoms with Crippen LogP contribution >= 0.6 is 0 Å². The lowest BCUT2D eigenvalue weighted by Crippen LogP contribution is -2.34. The minimum atomic E-state index is -0.476. The summed E-state index contributed by atoms with van der Waals surface area (Å²) < 4.78 is 4.93. The fourth-order valence-electron chi connectivity index (χ4n) is 1.99. The molecule has 120 valence electrons. The van der Waals surface area contributed by atoms with Gasteiger partial charge in [0.15, 0.2) is 0 Å². The van der Waals surface area contributed by atoms with Crippen LogP contribution in [0.1, 0.15) is 13.3 Å².